The number of fused-ring (bicyclic) bond motifs is 3. The molecule has 5 rings (SSSR count). The number of urea groups is 1. The minimum atomic E-state index is -0.680. The summed E-state index contributed by atoms with van der Waals surface area (Å²) in [6, 6.07) is 21.4. The molecule has 5 N–H and O–H groups in total. The molecule has 0 spiro atoms. The Bertz CT molecular complexity index is 1250. The van der Waals surface area contributed by atoms with E-state index < -0.39 is 12.1 Å². The molecule has 3 aromatic rings. The van der Waals surface area contributed by atoms with E-state index in [-0.39, 0.29) is 5.91 Å². The molecule has 2 aliphatic carbocycles. The fourth-order valence-corrected chi connectivity index (χ4v) is 5.64. The smallest absolute Gasteiger partial charge is 0.319 e. The average Bonchev–Trinajstić information content (AvgIpc) is 3.29. The highest BCUT2D eigenvalue weighted by Gasteiger charge is 2.22. The highest BCUT2D eigenvalue weighted by Crippen LogP contribution is 2.37. The zero-order valence-corrected chi connectivity index (χ0v) is 21.3. The van der Waals surface area contributed by atoms with Crippen molar-refractivity contribution in [1.82, 2.24) is 5.32 Å². The Morgan fingerprint density at radius 2 is 1.57 bits per heavy atom. The van der Waals surface area contributed by atoms with Crippen LogP contribution < -0.4 is 21.7 Å². The predicted octanol–water partition coefficient (Wildman–Crippen LogP) is 6.17. The van der Waals surface area contributed by atoms with Crippen LogP contribution in [-0.4, -0.2) is 24.5 Å². The van der Waals surface area contributed by atoms with Crippen molar-refractivity contribution in [2.75, 3.05) is 17.2 Å². The summed E-state index contributed by atoms with van der Waals surface area (Å²) in [4.78, 5) is 25.9. The number of hydrogen-bond acceptors (Lipinski definition) is 3. The lowest BCUT2D eigenvalue weighted by Crippen LogP contribution is -2.45. The molecule has 1 saturated carbocycles. The normalized spacial score (nSPS) is 15.4. The number of carbonyl (C=O) groups is 2. The molecule has 1 fully saturated rings. The molecule has 1 atom stereocenters. The van der Waals surface area contributed by atoms with Gasteiger partial charge in [-0.15, -0.1) is 0 Å². The van der Waals surface area contributed by atoms with E-state index in [1.165, 1.54) is 59.9 Å². The van der Waals surface area contributed by atoms with Gasteiger partial charge in [-0.3, -0.25) is 4.79 Å². The van der Waals surface area contributed by atoms with E-state index in [0.717, 1.165) is 12.1 Å². The first-order valence-electron chi connectivity index (χ1n) is 13.5. The van der Waals surface area contributed by atoms with Crippen LogP contribution in [0.1, 0.15) is 67.6 Å². The second-order valence-corrected chi connectivity index (χ2v) is 10.2. The summed E-state index contributed by atoms with van der Waals surface area (Å²) in [5, 5.41) is 8.73. The molecule has 0 radical (unpaired) electrons. The first kappa shape index (κ1) is 25.0. The molecule has 2 aliphatic rings. The summed E-state index contributed by atoms with van der Waals surface area (Å²) < 4.78 is 0. The van der Waals surface area contributed by atoms with Crippen molar-refractivity contribution in [3.8, 4) is 11.1 Å². The minimum absolute atomic E-state index is 0.238. The molecular weight excluding hydrogens is 460 g/mol. The molecule has 0 unspecified atom stereocenters. The Kier molecular flexibility index (Phi) is 7.85. The lowest BCUT2D eigenvalue weighted by Gasteiger charge is -2.22. The first-order chi connectivity index (χ1) is 18.1. The van der Waals surface area contributed by atoms with Gasteiger partial charge >= 0.3 is 6.03 Å². The average molecular weight is 497 g/mol. The van der Waals surface area contributed by atoms with Gasteiger partial charge < -0.3 is 21.7 Å². The summed E-state index contributed by atoms with van der Waals surface area (Å²) in [5.41, 5.74) is 13.4. The Morgan fingerprint density at radius 3 is 2.35 bits per heavy atom. The standard InChI is InChI=1S/C31H36N4O2/c32-18-6-11-29(30(36)33-25-14-12-22(13-15-25)21-7-2-1-3-8-21)35-31(37)34-26-16-17-28-24(20-26)19-23-9-4-5-10-27(23)28/h4-5,9-10,12-17,20-21,29H,1-3,6-8,11,18-19,32H2,(H,33,36)(H2,34,35,37)/t29-/m1/s1. The van der Waals surface area contributed by atoms with Crippen LogP contribution in [-0.2, 0) is 11.2 Å². The van der Waals surface area contributed by atoms with Gasteiger partial charge in [0.15, 0.2) is 0 Å². The van der Waals surface area contributed by atoms with Crippen LogP contribution in [0.4, 0.5) is 16.2 Å². The molecule has 37 heavy (non-hydrogen) atoms. The van der Waals surface area contributed by atoms with Crippen LogP contribution >= 0.6 is 0 Å². The van der Waals surface area contributed by atoms with Crippen molar-refractivity contribution in [2.45, 2.75) is 63.3 Å². The molecule has 3 aromatic carbocycles. The van der Waals surface area contributed by atoms with Crippen LogP contribution in [0.15, 0.2) is 66.7 Å². The van der Waals surface area contributed by atoms with Gasteiger partial charge in [0.1, 0.15) is 6.04 Å². The highest BCUT2D eigenvalue weighted by molar-refractivity contribution is 5.99. The monoisotopic (exact) mass is 496 g/mol. The number of nitrogens with two attached hydrogens (primary N) is 1. The van der Waals surface area contributed by atoms with Gasteiger partial charge in [0, 0.05) is 11.4 Å². The van der Waals surface area contributed by atoms with Gasteiger partial charge in [0.2, 0.25) is 5.91 Å². The largest absolute Gasteiger partial charge is 0.330 e. The lowest BCUT2D eigenvalue weighted by atomic mass is 9.84. The quantitative estimate of drug-likeness (QED) is 0.235. The lowest BCUT2D eigenvalue weighted by molar-refractivity contribution is -0.118. The number of rotatable bonds is 8. The third-order valence-electron chi connectivity index (χ3n) is 7.63. The molecule has 0 saturated heterocycles. The summed E-state index contributed by atoms with van der Waals surface area (Å²) in [7, 11) is 0. The highest BCUT2D eigenvalue weighted by atomic mass is 16.2. The predicted molar refractivity (Wildman–Crippen MR) is 150 cm³/mol. The van der Waals surface area contributed by atoms with Crippen molar-refractivity contribution in [3.63, 3.8) is 0 Å². The van der Waals surface area contributed by atoms with Crippen LogP contribution in [0.3, 0.4) is 0 Å². The number of benzene rings is 3. The molecule has 0 bridgehead atoms. The Labute approximate surface area is 219 Å². The van der Waals surface area contributed by atoms with Crippen molar-refractivity contribution in [3.05, 3.63) is 83.4 Å². The Hall–Kier alpha value is -3.64. The van der Waals surface area contributed by atoms with Gasteiger partial charge in [0.05, 0.1) is 0 Å². The summed E-state index contributed by atoms with van der Waals surface area (Å²) >= 11 is 0. The molecule has 192 valence electrons. The minimum Gasteiger partial charge on any atom is -0.330 e. The Morgan fingerprint density at radius 1 is 0.838 bits per heavy atom. The maximum atomic E-state index is 13.1. The van der Waals surface area contributed by atoms with Gasteiger partial charge in [0.25, 0.3) is 0 Å². The zero-order valence-electron chi connectivity index (χ0n) is 21.3. The van der Waals surface area contributed by atoms with Crippen LogP contribution in [0.25, 0.3) is 11.1 Å². The van der Waals surface area contributed by atoms with E-state index >= 15 is 0 Å². The fraction of sp³-hybridized carbons (Fsp3) is 0.355. The van der Waals surface area contributed by atoms with Crippen LogP contribution in [0.2, 0.25) is 0 Å². The number of nitrogens with one attached hydrogen (secondary N) is 3. The first-order valence-corrected chi connectivity index (χ1v) is 13.5. The summed E-state index contributed by atoms with van der Waals surface area (Å²) in [5.74, 6) is 0.382. The van der Waals surface area contributed by atoms with E-state index in [2.05, 4.69) is 46.3 Å². The Balaban J connectivity index is 1.20. The SMILES string of the molecule is NCCC[C@@H](NC(=O)Nc1ccc2c(c1)Cc1ccccc1-2)C(=O)Nc1ccc(C2CCCCC2)cc1. The molecular formula is C31H36N4O2. The molecule has 3 amide bonds. The summed E-state index contributed by atoms with van der Waals surface area (Å²) in [6.07, 6.45) is 8.34. The third-order valence-corrected chi connectivity index (χ3v) is 7.63. The molecule has 0 aromatic heterocycles. The number of amides is 3. The van der Waals surface area contributed by atoms with E-state index in [4.69, 9.17) is 5.73 Å². The number of carbonyl (C=O) groups excluding carboxylic acids is 2. The van der Waals surface area contributed by atoms with Gasteiger partial charge in [-0.1, -0.05) is 61.7 Å². The van der Waals surface area contributed by atoms with Crippen molar-refractivity contribution in [2.24, 2.45) is 5.73 Å². The topological polar surface area (TPSA) is 96.2 Å². The number of hydrogen-bond donors (Lipinski definition) is 4. The second kappa shape index (κ2) is 11.6. The third kappa shape index (κ3) is 6.03. The maximum Gasteiger partial charge on any atom is 0.319 e. The van der Waals surface area contributed by atoms with Crippen molar-refractivity contribution in [1.29, 1.82) is 0 Å². The number of anilines is 2. The molecule has 6 nitrogen and oxygen atoms in total. The van der Waals surface area contributed by atoms with E-state index in [0.29, 0.717) is 31.0 Å². The van der Waals surface area contributed by atoms with Crippen molar-refractivity contribution < 1.29 is 9.59 Å². The maximum absolute atomic E-state index is 13.1. The van der Waals surface area contributed by atoms with Gasteiger partial charge in [-0.2, -0.15) is 0 Å². The van der Waals surface area contributed by atoms with Gasteiger partial charge in [-0.25, -0.2) is 4.79 Å². The second-order valence-electron chi connectivity index (χ2n) is 10.2. The zero-order chi connectivity index (χ0) is 25.6. The van der Waals surface area contributed by atoms with Crippen LogP contribution in [0, 0.1) is 0 Å². The van der Waals surface area contributed by atoms with E-state index in [1.54, 1.807) is 0 Å². The molecule has 6 heteroatoms. The van der Waals surface area contributed by atoms with Gasteiger partial charge in [-0.05, 0) is 96.6 Å². The summed E-state index contributed by atoms with van der Waals surface area (Å²) in [6.45, 7) is 0.453. The molecule has 0 heterocycles. The van der Waals surface area contributed by atoms with E-state index in [9.17, 15) is 9.59 Å². The van der Waals surface area contributed by atoms with Crippen LogP contribution in [0.5, 0.6) is 0 Å². The van der Waals surface area contributed by atoms with Crippen molar-refractivity contribution >= 4 is 23.3 Å². The van der Waals surface area contributed by atoms with E-state index in [1.807, 2.05) is 36.4 Å². The fourth-order valence-electron chi connectivity index (χ4n) is 5.64. The molecule has 0 aliphatic heterocycles.